The number of halogens is 1. The van der Waals surface area contributed by atoms with E-state index in [4.69, 9.17) is 4.74 Å². The average Bonchev–Trinajstić information content (AvgIpc) is 2.41. The molecule has 0 aliphatic heterocycles. The van der Waals surface area contributed by atoms with Gasteiger partial charge < -0.3 is 9.84 Å². The highest BCUT2D eigenvalue weighted by atomic mass is 19.1. The number of aryl methyl sites for hydroxylation is 1. The Bertz CT molecular complexity index is 557. The quantitative estimate of drug-likeness (QED) is 0.906. The molecule has 1 atom stereocenters. The van der Waals surface area contributed by atoms with Gasteiger partial charge >= 0.3 is 0 Å². The summed E-state index contributed by atoms with van der Waals surface area (Å²) < 4.78 is 18.2. The second kappa shape index (κ2) is 5.14. The third-order valence-corrected chi connectivity index (χ3v) is 2.77. The van der Waals surface area contributed by atoms with Crippen molar-refractivity contribution in [3.8, 4) is 5.88 Å². The van der Waals surface area contributed by atoms with E-state index in [1.807, 2.05) is 6.92 Å². The van der Waals surface area contributed by atoms with Crippen molar-refractivity contribution >= 4 is 0 Å². The van der Waals surface area contributed by atoms with Crippen molar-refractivity contribution in [3.05, 3.63) is 59.0 Å². The van der Waals surface area contributed by atoms with Crippen LogP contribution in [0.3, 0.4) is 0 Å². The van der Waals surface area contributed by atoms with Gasteiger partial charge in [-0.3, -0.25) is 0 Å². The molecule has 0 radical (unpaired) electrons. The van der Waals surface area contributed by atoms with E-state index in [0.29, 0.717) is 17.1 Å². The van der Waals surface area contributed by atoms with Gasteiger partial charge in [0.2, 0.25) is 5.88 Å². The predicted molar refractivity (Wildman–Crippen MR) is 66.0 cm³/mol. The van der Waals surface area contributed by atoms with Crippen LogP contribution in [-0.2, 0) is 0 Å². The Balaban J connectivity index is 2.40. The number of pyridine rings is 1. The van der Waals surface area contributed by atoms with E-state index in [2.05, 4.69) is 4.98 Å². The molecule has 2 aromatic rings. The molecule has 0 bridgehead atoms. The van der Waals surface area contributed by atoms with Crippen LogP contribution < -0.4 is 4.74 Å². The maximum atomic E-state index is 13.2. The van der Waals surface area contributed by atoms with Crippen molar-refractivity contribution < 1.29 is 14.2 Å². The van der Waals surface area contributed by atoms with E-state index >= 15 is 0 Å². The maximum Gasteiger partial charge on any atom is 0.213 e. The summed E-state index contributed by atoms with van der Waals surface area (Å²) >= 11 is 0. The summed E-state index contributed by atoms with van der Waals surface area (Å²) in [6, 6.07) is 9.42. The largest absolute Gasteiger partial charge is 0.481 e. The lowest BCUT2D eigenvalue weighted by Gasteiger charge is -2.14. The fraction of sp³-hybridized carbons (Fsp3) is 0.214. The molecular formula is C14H14FNO2. The Hall–Kier alpha value is -1.94. The molecule has 4 heteroatoms. The Kier molecular flexibility index (Phi) is 3.58. The molecule has 0 saturated heterocycles. The first-order chi connectivity index (χ1) is 8.61. The van der Waals surface area contributed by atoms with Crippen LogP contribution in [0.5, 0.6) is 5.88 Å². The van der Waals surface area contributed by atoms with Crippen LogP contribution in [0.4, 0.5) is 4.39 Å². The van der Waals surface area contributed by atoms with Crippen LogP contribution in [0, 0.1) is 12.7 Å². The molecule has 0 spiro atoms. The summed E-state index contributed by atoms with van der Waals surface area (Å²) in [5, 5.41) is 10.2. The van der Waals surface area contributed by atoms with E-state index in [9.17, 15) is 9.50 Å². The molecule has 1 heterocycles. The predicted octanol–water partition coefficient (Wildman–Crippen LogP) is 2.62. The van der Waals surface area contributed by atoms with Crippen molar-refractivity contribution in [1.29, 1.82) is 0 Å². The molecule has 0 fully saturated rings. The number of nitrogens with zero attached hydrogens (tertiary/aromatic N) is 1. The Morgan fingerprint density at radius 2 is 2.06 bits per heavy atom. The van der Waals surface area contributed by atoms with Gasteiger partial charge in [-0.15, -0.1) is 0 Å². The number of aliphatic hydroxyl groups is 1. The van der Waals surface area contributed by atoms with Gasteiger partial charge in [-0.2, -0.15) is 0 Å². The van der Waals surface area contributed by atoms with Crippen LogP contribution in [-0.4, -0.2) is 17.2 Å². The molecule has 0 aliphatic rings. The van der Waals surface area contributed by atoms with E-state index in [-0.39, 0.29) is 5.82 Å². The fourth-order valence-corrected chi connectivity index (χ4v) is 1.76. The van der Waals surface area contributed by atoms with Crippen molar-refractivity contribution in [3.63, 3.8) is 0 Å². The van der Waals surface area contributed by atoms with Crippen molar-refractivity contribution in [2.75, 3.05) is 7.11 Å². The number of ether oxygens (including phenoxy) is 1. The van der Waals surface area contributed by atoms with Gasteiger partial charge in [0.1, 0.15) is 11.9 Å². The zero-order valence-electron chi connectivity index (χ0n) is 10.2. The minimum atomic E-state index is -0.962. The monoisotopic (exact) mass is 247 g/mol. The first kappa shape index (κ1) is 12.5. The smallest absolute Gasteiger partial charge is 0.213 e. The van der Waals surface area contributed by atoms with Crippen molar-refractivity contribution in [2.24, 2.45) is 0 Å². The Morgan fingerprint density at radius 1 is 1.28 bits per heavy atom. The molecule has 18 heavy (non-hydrogen) atoms. The molecule has 1 aromatic carbocycles. The summed E-state index contributed by atoms with van der Waals surface area (Å²) in [6.07, 6.45) is -0.962. The summed E-state index contributed by atoms with van der Waals surface area (Å²) in [4.78, 5) is 4.14. The average molecular weight is 247 g/mol. The number of hydrogen-bond acceptors (Lipinski definition) is 3. The SMILES string of the molecule is COc1cccc(C(O)c2cc(F)ccc2C)n1. The second-order valence-electron chi connectivity index (χ2n) is 4.01. The highest BCUT2D eigenvalue weighted by Gasteiger charge is 2.15. The third kappa shape index (κ3) is 2.49. The van der Waals surface area contributed by atoms with Gasteiger partial charge in [0.15, 0.2) is 0 Å². The van der Waals surface area contributed by atoms with Crippen LogP contribution >= 0.6 is 0 Å². The van der Waals surface area contributed by atoms with Crippen LogP contribution in [0.1, 0.15) is 22.9 Å². The second-order valence-corrected chi connectivity index (χ2v) is 4.01. The summed E-state index contributed by atoms with van der Waals surface area (Å²) in [6.45, 7) is 1.82. The molecule has 0 aliphatic carbocycles. The summed E-state index contributed by atoms with van der Waals surface area (Å²) in [5.41, 5.74) is 1.76. The lowest BCUT2D eigenvalue weighted by molar-refractivity contribution is 0.212. The molecule has 0 amide bonds. The number of hydrogen-bond donors (Lipinski definition) is 1. The molecule has 1 unspecified atom stereocenters. The molecule has 1 aromatic heterocycles. The van der Waals surface area contributed by atoms with Crippen LogP contribution in [0.2, 0.25) is 0 Å². The highest BCUT2D eigenvalue weighted by Crippen LogP contribution is 2.25. The normalized spacial score (nSPS) is 12.2. The minimum Gasteiger partial charge on any atom is -0.481 e. The minimum absolute atomic E-state index is 0.377. The van der Waals surface area contributed by atoms with Gasteiger partial charge in [-0.1, -0.05) is 12.1 Å². The van der Waals surface area contributed by atoms with Crippen LogP contribution in [0.15, 0.2) is 36.4 Å². The van der Waals surface area contributed by atoms with Gasteiger partial charge in [-0.25, -0.2) is 9.37 Å². The fourth-order valence-electron chi connectivity index (χ4n) is 1.76. The van der Waals surface area contributed by atoms with E-state index in [1.54, 1.807) is 24.3 Å². The van der Waals surface area contributed by atoms with E-state index in [0.717, 1.165) is 5.56 Å². The molecule has 94 valence electrons. The molecule has 3 nitrogen and oxygen atoms in total. The van der Waals surface area contributed by atoms with Gasteiger partial charge in [0, 0.05) is 6.07 Å². The zero-order chi connectivity index (χ0) is 13.1. The zero-order valence-corrected chi connectivity index (χ0v) is 10.2. The summed E-state index contributed by atoms with van der Waals surface area (Å²) in [5.74, 6) is 0.0400. The highest BCUT2D eigenvalue weighted by molar-refractivity contribution is 5.34. The number of aromatic nitrogens is 1. The first-order valence-corrected chi connectivity index (χ1v) is 5.57. The van der Waals surface area contributed by atoms with E-state index < -0.39 is 6.10 Å². The maximum absolute atomic E-state index is 13.2. The van der Waals surface area contributed by atoms with Crippen LogP contribution in [0.25, 0.3) is 0 Å². The Morgan fingerprint density at radius 3 is 2.78 bits per heavy atom. The molecule has 1 N–H and O–H groups in total. The number of benzene rings is 1. The summed E-state index contributed by atoms with van der Waals surface area (Å²) in [7, 11) is 1.51. The molecule has 2 rings (SSSR count). The van der Waals surface area contributed by atoms with Gasteiger partial charge in [0.05, 0.1) is 12.8 Å². The lowest BCUT2D eigenvalue weighted by Crippen LogP contribution is -2.05. The topological polar surface area (TPSA) is 42.4 Å². The standard InChI is InChI=1S/C14H14FNO2/c1-9-6-7-10(15)8-11(9)14(17)12-4-3-5-13(16-12)18-2/h3-8,14,17H,1-2H3. The molecular weight excluding hydrogens is 233 g/mol. The lowest BCUT2D eigenvalue weighted by atomic mass is 10.0. The van der Waals surface area contributed by atoms with Gasteiger partial charge in [0.25, 0.3) is 0 Å². The number of aliphatic hydroxyl groups excluding tert-OH is 1. The first-order valence-electron chi connectivity index (χ1n) is 5.57. The van der Waals surface area contributed by atoms with Crippen molar-refractivity contribution in [2.45, 2.75) is 13.0 Å². The Labute approximate surface area is 105 Å². The molecule has 0 saturated carbocycles. The van der Waals surface area contributed by atoms with E-state index in [1.165, 1.54) is 19.2 Å². The third-order valence-electron chi connectivity index (χ3n) is 2.77. The van der Waals surface area contributed by atoms with Crippen molar-refractivity contribution in [1.82, 2.24) is 4.98 Å². The number of methoxy groups -OCH3 is 1. The van der Waals surface area contributed by atoms with Gasteiger partial charge in [-0.05, 0) is 36.2 Å². The number of rotatable bonds is 3.